The Hall–Kier alpha value is -3.40. The van der Waals surface area contributed by atoms with Gasteiger partial charge in [-0.15, -0.1) is 0 Å². The van der Waals surface area contributed by atoms with Crippen LogP contribution in [0.3, 0.4) is 0 Å². The third-order valence-electron chi connectivity index (χ3n) is 7.86. The maximum absolute atomic E-state index is 13.6. The summed E-state index contributed by atoms with van der Waals surface area (Å²) in [7, 11) is -2.15. The number of carbonyl (C=O) groups is 2. The van der Waals surface area contributed by atoms with Crippen LogP contribution in [0.15, 0.2) is 52.5 Å². The van der Waals surface area contributed by atoms with E-state index in [1.165, 1.54) is 48.8 Å². The van der Waals surface area contributed by atoms with Gasteiger partial charge in [0.1, 0.15) is 0 Å². The Kier molecular flexibility index (Phi) is 7.93. The molecule has 0 bridgehead atoms. The molecule has 1 aromatic carbocycles. The molecule has 1 atom stereocenters. The summed E-state index contributed by atoms with van der Waals surface area (Å²) < 4.78 is 31.6. The van der Waals surface area contributed by atoms with Gasteiger partial charge in [0, 0.05) is 11.9 Å². The number of Topliss-reactive ketones (excluding diaryl/α,β-unsaturated/α-hetero) is 1. The highest BCUT2D eigenvalue weighted by atomic mass is 32.2. The first-order valence-electron chi connectivity index (χ1n) is 13.5. The molecule has 2 aliphatic carbocycles. The zero-order valence-corrected chi connectivity index (χ0v) is 22.9. The molecule has 39 heavy (non-hydrogen) atoms. The predicted molar refractivity (Wildman–Crippen MR) is 145 cm³/mol. The highest BCUT2D eigenvalue weighted by Crippen LogP contribution is 2.33. The first kappa shape index (κ1) is 27.2. The second kappa shape index (κ2) is 11.4. The Morgan fingerprint density at radius 1 is 1.03 bits per heavy atom. The third-order valence-corrected chi connectivity index (χ3v) is 9.74. The van der Waals surface area contributed by atoms with Crippen molar-refractivity contribution >= 4 is 32.5 Å². The summed E-state index contributed by atoms with van der Waals surface area (Å²) in [4.78, 5) is 47.9. The first-order valence-corrected chi connectivity index (χ1v) is 15.2. The Balaban J connectivity index is 1.45. The number of hydrogen-bond acceptors (Lipinski definition) is 8. The number of hydrogen-bond donors (Lipinski definition) is 0. The molecule has 0 saturated heterocycles. The van der Waals surface area contributed by atoms with Gasteiger partial charge < -0.3 is 4.74 Å². The maximum atomic E-state index is 13.6. The average Bonchev–Trinajstić information content (AvgIpc) is 3.76. The molecule has 2 heterocycles. The fourth-order valence-electron chi connectivity index (χ4n) is 5.42. The highest BCUT2D eigenvalue weighted by Gasteiger charge is 2.30. The molecule has 2 saturated carbocycles. The molecule has 2 fully saturated rings. The number of rotatable bonds is 10. The lowest BCUT2D eigenvalue weighted by molar-refractivity contribution is -0.122. The second-order valence-electron chi connectivity index (χ2n) is 10.8. The fraction of sp³-hybridized carbons (Fsp3) is 0.483. The number of aromatic nitrogens is 3. The zero-order chi connectivity index (χ0) is 27.6. The van der Waals surface area contributed by atoms with Crippen molar-refractivity contribution < 1.29 is 22.7 Å². The number of pyridine rings is 1. The molecule has 5 rings (SSSR count). The quantitative estimate of drug-likeness (QED) is 0.345. The molecular formula is C29H33N3O6S. The van der Waals surface area contributed by atoms with Crippen molar-refractivity contribution in [3.63, 3.8) is 0 Å². The molecule has 1 unspecified atom stereocenters. The number of ether oxygens (including phenoxy) is 1. The number of methoxy groups -OCH3 is 1. The maximum Gasteiger partial charge on any atom is 0.339 e. The Bertz CT molecular complexity index is 1540. The number of ketones is 1. The van der Waals surface area contributed by atoms with E-state index in [0.29, 0.717) is 29.1 Å². The molecule has 0 N–H and O–H groups in total. The molecular weight excluding hydrogens is 518 g/mol. The van der Waals surface area contributed by atoms with Crippen molar-refractivity contribution in [2.45, 2.75) is 68.7 Å². The number of carbonyl (C=O) groups excluding carboxylic acids is 2. The molecule has 0 radical (unpaired) electrons. The molecule has 3 aromatic rings. The normalized spacial score (nSPS) is 17.2. The molecule has 9 nitrogen and oxygen atoms in total. The standard InChI is InChI=1S/C29H33N3O6S/c1-38-29(35)21-9-10-22(30-16-21)14-27(33)26(13-19-5-3-2-4-6-19)32-18-31-25-15-23(11-12-24(25)28(32)34)39(36,37)17-20-7-8-20/h9-12,15-16,18-20,26H,2-8,13-14,17H2,1H3. The second-order valence-corrected chi connectivity index (χ2v) is 12.8. The Labute approximate surface area is 227 Å². The van der Waals surface area contributed by atoms with Gasteiger partial charge in [-0.05, 0) is 61.4 Å². The van der Waals surface area contributed by atoms with Crippen molar-refractivity contribution in [1.82, 2.24) is 14.5 Å². The van der Waals surface area contributed by atoms with E-state index in [1.807, 2.05) is 0 Å². The van der Waals surface area contributed by atoms with Gasteiger partial charge >= 0.3 is 5.97 Å². The SMILES string of the molecule is COC(=O)c1ccc(CC(=O)C(CC2CCCCC2)n2cnc3cc(S(=O)(=O)CC4CC4)ccc3c2=O)nc1. The first-order chi connectivity index (χ1) is 18.7. The van der Waals surface area contributed by atoms with Gasteiger partial charge in [-0.25, -0.2) is 18.2 Å². The van der Waals surface area contributed by atoms with Crippen LogP contribution in [0.4, 0.5) is 0 Å². The summed E-state index contributed by atoms with van der Waals surface area (Å²) >= 11 is 0. The largest absolute Gasteiger partial charge is 0.465 e. The summed E-state index contributed by atoms with van der Waals surface area (Å²) in [6.07, 6.45) is 10.5. The monoisotopic (exact) mass is 551 g/mol. The van der Waals surface area contributed by atoms with Crippen LogP contribution in [0.5, 0.6) is 0 Å². The lowest BCUT2D eigenvalue weighted by Crippen LogP contribution is -2.33. The topological polar surface area (TPSA) is 125 Å². The van der Waals surface area contributed by atoms with E-state index in [0.717, 1.165) is 38.5 Å². The highest BCUT2D eigenvalue weighted by molar-refractivity contribution is 7.91. The van der Waals surface area contributed by atoms with E-state index >= 15 is 0 Å². The lowest BCUT2D eigenvalue weighted by Gasteiger charge is -2.27. The summed E-state index contributed by atoms with van der Waals surface area (Å²) in [5.74, 6) is -0.0229. The number of nitrogens with zero attached hydrogens (tertiary/aromatic N) is 3. The van der Waals surface area contributed by atoms with Crippen LogP contribution < -0.4 is 5.56 Å². The molecule has 0 amide bonds. The van der Waals surface area contributed by atoms with Gasteiger partial charge in [0.25, 0.3) is 5.56 Å². The van der Waals surface area contributed by atoms with Crippen molar-refractivity contribution in [1.29, 1.82) is 0 Å². The molecule has 2 aromatic heterocycles. The number of benzene rings is 1. The van der Waals surface area contributed by atoms with Crippen molar-refractivity contribution in [2.75, 3.05) is 12.9 Å². The minimum atomic E-state index is -3.44. The van der Waals surface area contributed by atoms with E-state index in [-0.39, 0.29) is 39.7 Å². The van der Waals surface area contributed by atoms with E-state index in [2.05, 4.69) is 9.97 Å². The average molecular weight is 552 g/mol. The summed E-state index contributed by atoms with van der Waals surface area (Å²) in [6, 6.07) is 6.90. The summed E-state index contributed by atoms with van der Waals surface area (Å²) in [6.45, 7) is 0. The third kappa shape index (κ3) is 6.27. The molecule has 206 valence electrons. The van der Waals surface area contributed by atoms with Gasteiger partial charge in [-0.1, -0.05) is 32.1 Å². The summed E-state index contributed by atoms with van der Waals surface area (Å²) in [5.41, 5.74) is 0.723. The Morgan fingerprint density at radius 3 is 2.46 bits per heavy atom. The van der Waals surface area contributed by atoms with E-state index < -0.39 is 21.8 Å². The van der Waals surface area contributed by atoms with E-state index in [9.17, 15) is 22.8 Å². The van der Waals surface area contributed by atoms with Crippen LogP contribution in [0.1, 0.15) is 73.5 Å². The van der Waals surface area contributed by atoms with E-state index in [4.69, 9.17) is 4.74 Å². The van der Waals surface area contributed by atoms with Crippen LogP contribution in [-0.2, 0) is 25.8 Å². The lowest BCUT2D eigenvalue weighted by atomic mass is 9.83. The van der Waals surface area contributed by atoms with Crippen molar-refractivity contribution in [3.05, 3.63) is 64.5 Å². The van der Waals surface area contributed by atoms with Gasteiger partial charge in [-0.2, -0.15) is 0 Å². The van der Waals surface area contributed by atoms with Crippen molar-refractivity contribution in [2.24, 2.45) is 11.8 Å². The minimum Gasteiger partial charge on any atom is -0.465 e. The smallest absolute Gasteiger partial charge is 0.339 e. The molecule has 0 spiro atoms. The molecule has 10 heteroatoms. The van der Waals surface area contributed by atoms with Gasteiger partial charge in [0.2, 0.25) is 0 Å². The number of fused-ring (bicyclic) bond motifs is 1. The zero-order valence-electron chi connectivity index (χ0n) is 22.0. The van der Waals surface area contributed by atoms with Gasteiger partial charge in [0.05, 0.1) is 53.0 Å². The fourth-order valence-corrected chi connectivity index (χ4v) is 7.14. The van der Waals surface area contributed by atoms with Crippen molar-refractivity contribution in [3.8, 4) is 0 Å². The number of sulfone groups is 1. The van der Waals surface area contributed by atoms with Gasteiger partial charge in [-0.3, -0.25) is 19.1 Å². The molecule has 2 aliphatic rings. The minimum absolute atomic E-state index is 0.00165. The Morgan fingerprint density at radius 2 is 1.79 bits per heavy atom. The van der Waals surface area contributed by atoms with Crippen LogP contribution in [-0.4, -0.2) is 47.6 Å². The van der Waals surface area contributed by atoms with E-state index in [1.54, 1.807) is 12.1 Å². The summed E-state index contributed by atoms with van der Waals surface area (Å²) in [5, 5.41) is 0.282. The van der Waals surface area contributed by atoms with Crippen LogP contribution in [0.2, 0.25) is 0 Å². The van der Waals surface area contributed by atoms with Gasteiger partial charge in [0.15, 0.2) is 15.6 Å². The molecule has 0 aliphatic heterocycles. The van der Waals surface area contributed by atoms with Crippen LogP contribution >= 0.6 is 0 Å². The van der Waals surface area contributed by atoms with Crippen LogP contribution in [0.25, 0.3) is 10.9 Å². The number of esters is 1. The van der Waals surface area contributed by atoms with Crippen LogP contribution in [0, 0.1) is 11.8 Å². The predicted octanol–water partition coefficient (Wildman–Crippen LogP) is 4.09.